The van der Waals surface area contributed by atoms with Crippen molar-refractivity contribution in [2.75, 3.05) is 27.4 Å². The summed E-state index contributed by atoms with van der Waals surface area (Å²) in [6, 6.07) is 12.6. The number of rotatable bonds is 9. The highest BCUT2D eigenvalue weighted by molar-refractivity contribution is 7.80. The van der Waals surface area contributed by atoms with Gasteiger partial charge in [-0.15, -0.1) is 0 Å². The molecular formula is C25H30N2O4S. The number of nitrogens with zero attached hydrogens (tertiary/aromatic N) is 1. The molecule has 0 radical (unpaired) electrons. The third kappa shape index (κ3) is 4.58. The number of ether oxygens (including phenoxy) is 3. The second kappa shape index (κ2) is 10.5. The molecule has 1 unspecified atom stereocenters. The number of carbonyl (C=O) groups is 1. The molecule has 0 bridgehead atoms. The van der Waals surface area contributed by atoms with Crippen LogP contribution in [0.15, 0.2) is 53.7 Å². The van der Waals surface area contributed by atoms with Crippen LogP contribution in [0.3, 0.4) is 0 Å². The molecule has 7 heteroatoms. The van der Waals surface area contributed by atoms with Crippen LogP contribution in [0.5, 0.6) is 17.2 Å². The first-order chi connectivity index (χ1) is 15.5. The lowest BCUT2D eigenvalue weighted by molar-refractivity contribution is 0.102. The zero-order chi connectivity index (χ0) is 23.3. The molecule has 1 N–H and O–H groups in total. The monoisotopic (exact) mass is 454 g/mol. The summed E-state index contributed by atoms with van der Waals surface area (Å²) >= 11 is 5.62. The minimum absolute atomic E-state index is 0.0502. The Morgan fingerprint density at radius 1 is 1.09 bits per heavy atom. The highest BCUT2D eigenvalue weighted by Crippen LogP contribution is 2.43. The molecular weight excluding hydrogens is 424 g/mol. The Morgan fingerprint density at radius 2 is 1.72 bits per heavy atom. The Bertz CT molecular complexity index is 995. The van der Waals surface area contributed by atoms with Gasteiger partial charge in [-0.3, -0.25) is 4.79 Å². The molecule has 3 rings (SSSR count). The molecule has 0 aromatic heterocycles. The molecule has 2 aromatic rings. The van der Waals surface area contributed by atoms with Gasteiger partial charge in [0, 0.05) is 23.4 Å². The fraction of sp³-hybridized carbons (Fsp3) is 0.360. The lowest BCUT2D eigenvalue weighted by Gasteiger charge is -2.37. The van der Waals surface area contributed by atoms with Crippen LogP contribution in [-0.4, -0.2) is 43.2 Å². The molecule has 170 valence electrons. The van der Waals surface area contributed by atoms with E-state index in [-0.39, 0.29) is 5.78 Å². The number of ketones is 1. The van der Waals surface area contributed by atoms with Gasteiger partial charge in [0.1, 0.15) is 0 Å². The van der Waals surface area contributed by atoms with Crippen LogP contribution < -0.4 is 19.5 Å². The van der Waals surface area contributed by atoms with Gasteiger partial charge in [0.05, 0.1) is 26.9 Å². The van der Waals surface area contributed by atoms with Crippen molar-refractivity contribution in [1.82, 2.24) is 10.2 Å². The molecule has 0 amide bonds. The highest BCUT2D eigenvalue weighted by Gasteiger charge is 2.34. The quantitative estimate of drug-likeness (QED) is 0.427. The van der Waals surface area contributed by atoms with Gasteiger partial charge in [0.2, 0.25) is 5.75 Å². The second-order valence-electron chi connectivity index (χ2n) is 7.42. The highest BCUT2D eigenvalue weighted by atomic mass is 32.1. The van der Waals surface area contributed by atoms with Crippen LogP contribution in [0, 0.1) is 0 Å². The summed E-state index contributed by atoms with van der Waals surface area (Å²) in [4.78, 5) is 15.6. The maximum Gasteiger partial charge on any atom is 0.203 e. The zero-order valence-corrected chi connectivity index (χ0v) is 20.0. The maximum absolute atomic E-state index is 13.6. The number of benzene rings is 2. The summed E-state index contributed by atoms with van der Waals surface area (Å²) in [5.74, 6) is 1.59. The lowest BCUT2D eigenvalue weighted by Crippen LogP contribution is -2.47. The number of carbonyl (C=O) groups excluding carboxylic acids is 1. The summed E-state index contributed by atoms with van der Waals surface area (Å²) in [5.41, 5.74) is 2.90. The normalized spacial score (nSPS) is 16.0. The predicted octanol–water partition coefficient (Wildman–Crippen LogP) is 4.90. The summed E-state index contributed by atoms with van der Waals surface area (Å²) in [7, 11) is 3.18. The van der Waals surface area contributed by atoms with E-state index in [1.54, 1.807) is 14.2 Å². The Hall–Kier alpha value is -3.06. The van der Waals surface area contributed by atoms with Crippen molar-refractivity contribution in [1.29, 1.82) is 0 Å². The average molecular weight is 455 g/mol. The number of Topliss-reactive ketones (excluding diaryl/α,β-unsaturated/α-hetero) is 1. The van der Waals surface area contributed by atoms with Crippen LogP contribution in [0.25, 0.3) is 0 Å². The topological polar surface area (TPSA) is 60.0 Å². The minimum atomic E-state index is -0.457. The van der Waals surface area contributed by atoms with E-state index in [9.17, 15) is 4.79 Å². The van der Waals surface area contributed by atoms with Crippen molar-refractivity contribution < 1.29 is 19.0 Å². The van der Waals surface area contributed by atoms with Gasteiger partial charge in [0.25, 0.3) is 0 Å². The first-order valence-electron chi connectivity index (χ1n) is 10.7. The van der Waals surface area contributed by atoms with E-state index < -0.39 is 6.04 Å². The first-order valence-corrected chi connectivity index (χ1v) is 11.1. The van der Waals surface area contributed by atoms with Gasteiger partial charge < -0.3 is 24.4 Å². The largest absolute Gasteiger partial charge is 0.493 e. The number of hydrogen-bond donors (Lipinski definition) is 1. The number of methoxy groups -OCH3 is 2. The van der Waals surface area contributed by atoms with Crippen molar-refractivity contribution in [2.24, 2.45) is 0 Å². The fourth-order valence-corrected chi connectivity index (χ4v) is 4.25. The van der Waals surface area contributed by atoms with Crippen LogP contribution in [0.4, 0.5) is 0 Å². The molecule has 1 aliphatic rings. The summed E-state index contributed by atoms with van der Waals surface area (Å²) in [6.45, 7) is 7.18. The number of hydrogen-bond acceptors (Lipinski definition) is 5. The standard InChI is InChI=1S/C25H30N2O4S/c1-6-13-31-24-19(29-4)14-18(15-20(24)30-5)22-21(16(3)27(7-2)25(32)26-22)23(28)17-11-9-8-10-12-17/h8-12,14-15,22H,6-7,13H2,1-5H3,(H,26,32). The third-order valence-electron chi connectivity index (χ3n) is 5.46. The van der Waals surface area contributed by atoms with Crippen molar-refractivity contribution in [3.63, 3.8) is 0 Å². The van der Waals surface area contributed by atoms with Crippen molar-refractivity contribution in [2.45, 2.75) is 33.2 Å². The van der Waals surface area contributed by atoms with Crippen LogP contribution >= 0.6 is 12.2 Å². The maximum atomic E-state index is 13.6. The number of nitrogens with one attached hydrogen (secondary N) is 1. The molecule has 0 aliphatic carbocycles. The van der Waals surface area contributed by atoms with Gasteiger partial charge in [-0.1, -0.05) is 37.3 Å². The van der Waals surface area contributed by atoms with Gasteiger partial charge in [-0.05, 0) is 50.2 Å². The third-order valence-corrected chi connectivity index (χ3v) is 5.80. The Balaban J connectivity index is 2.16. The minimum Gasteiger partial charge on any atom is -0.493 e. The van der Waals surface area contributed by atoms with E-state index in [2.05, 4.69) is 5.32 Å². The molecule has 1 heterocycles. The molecule has 0 spiro atoms. The van der Waals surface area contributed by atoms with E-state index in [0.29, 0.717) is 46.6 Å². The number of thiocarbonyl (C=S) groups is 1. The Labute approximate surface area is 195 Å². The van der Waals surface area contributed by atoms with Crippen molar-refractivity contribution in [3.8, 4) is 17.2 Å². The van der Waals surface area contributed by atoms with Crippen LogP contribution in [0.1, 0.15) is 49.2 Å². The molecule has 32 heavy (non-hydrogen) atoms. The molecule has 0 fully saturated rings. The predicted molar refractivity (Wildman–Crippen MR) is 130 cm³/mol. The summed E-state index contributed by atoms with van der Waals surface area (Å²) < 4.78 is 17.1. The van der Waals surface area contributed by atoms with E-state index in [1.165, 1.54) is 0 Å². The average Bonchev–Trinajstić information content (AvgIpc) is 2.82. The van der Waals surface area contributed by atoms with E-state index in [1.807, 2.05) is 68.1 Å². The first kappa shape index (κ1) is 23.6. The van der Waals surface area contributed by atoms with Gasteiger partial charge in [-0.2, -0.15) is 0 Å². The van der Waals surface area contributed by atoms with Crippen LogP contribution in [-0.2, 0) is 0 Å². The van der Waals surface area contributed by atoms with Gasteiger partial charge >= 0.3 is 0 Å². The van der Waals surface area contributed by atoms with E-state index in [4.69, 9.17) is 26.4 Å². The Morgan fingerprint density at radius 3 is 2.25 bits per heavy atom. The zero-order valence-electron chi connectivity index (χ0n) is 19.2. The lowest BCUT2D eigenvalue weighted by atomic mass is 9.89. The molecule has 6 nitrogen and oxygen atoms in total. The van der Waals surface area contributed by atoms with Gasteiger partial charge in [0.15, 0.2) is 22.4 Å². The smallest absolute Gasteiger partial charge is 0.203 e. The van der Waals surface area contributed by atoms with E-state index in [0.717, 1.165) is 17.7 Å². The van der Waals surface area contributed by atoms with Crippen molar-refractivity contribution in [3.05, 3.63) is 64.9 Å². The fourth-order valence-electron chi connectivity index (χ4n) is 3.86. The summed E-state index contributed by atoms with van der Waals surface area (Å²) in [5, 5.41) is 3.93. The molecule has 0 saturated carbocycles. The molecule has 1 atom stereocenters. The van der Waals surface area contributed by atoms with Crippen molar-refractivity contribution >= 4 is 23.1 Å². The molecule has 2 aromatic carbocycles. The van der Waals surface area contributed by atoms with Crippen LogP contribution in [0.2, 0.25) is 0 Å². The SMILES string of the molecule is CCCOc1c(OC)cc(C2NC(=S)N(CC)C(C)=C2C(=O)c2ccccc2)cc1OC. The van der Waals surface area contributed by atoms with Gasteiger partial charge in [-0.25, -0.2) is 0 Å². The number of allylic oxidation sites excluding steroid dienone is 1. The Kier molecular flexibility index (Phi) is 7.75. The van der Waals surface area contributed by atoms with E-state index >= 15 is 0 Å². The second-order valence-corrected chi connectivity index (χ2v) is 7.81. The molecule has 0 saturated heterocycles. The molecule has 1 aliphatic heterocycles. The summed E-state index contributed by atoms with van der Waals surface area (Å²) in [6.07, 6.45) is 0.858.